The summed E-state index contributed by atoms with van der Waals surface area (Å²) in [4.78, 5) is 33.9. The van der Waals surface area contributed by atoms with Crippen molar-refractivity contribution in [2.24, 2.45) is 11.8 Å². The predicted octanol–water partition coefficient (Wildman–Crippen LogP) is 1.84. The molecule has 0 radical (unpaired) electrons. The molecule has 1 aromatic carbocycles. The van der Waals surface area contributed by atoms with Gasteiger partial charge in [0, 0.05) is 11.8 Å². The lowest BCUT2D eigenvalue weighted by Gasteiger charge is -2.20. The van der Waals surface area contributed by atoms with Crippen molar-refractivity contribution in [3.63, 3.8) is 0 Å². The number of halogens is 1. The van der Waals surface area contributed by atoms with E-state index in [1.54, 1.807) is 12.2 Å². The summed E-state index contributed by atoms with van der Waals surface area (Å²) < 4.78 is 5.42. The van der Waals surface area contributed by atoms with Crippen molar-refractivity contribution in [3.8, 4) is 0 Å². The zero-order valence-corrected chi connectivity index (χ0v) is 12.3. The number of amides is 1. The fraction of sp³-hybridized carbons (Fsp3) is 0.286. The van der Waals surface area contributed by atoms with Crippen molar-refractivity contribution in [2.75, 3.05) is 5.32 Å². The van der Waals surface area contributed by atoms with Gasteiger partial charge in [-0.05, 0) is 12.1 Å². The number of rotatable bonds is 4. The zero-order valence-electron chi connectivity index (χ0n) is 11.5. The highest BCUT2D eigenvalue weighted by Crippen LogP contribution is 2.40. The second kappa shape index (κ2) is 5.64. The van der Waals surface area contributed by atoms with Crippen LogP contribution in [-0.2, 0) is 14.3 Å². The van der Waals surface area contributed by atoms with E-state index in [2.05, 4.69) is 5.32 Å². The number of benzene rings is 1. The first-order chi connectivity index (χ1) is 10.9. The van der Waals surface area contributed by atoms with Crippen molar-refractivity contribution >= 4 is 34.9 Å². The first kappa shape index (κ1) is 15.4. The third kappa shape index (κ3) is 2.66. The average Bonchev–Trinajstić information content (AvgIpc) is 3.09. The molecule has 0 aromatic heterocycles. The highest BCUT2D eigenvalue weighted by Gasteiger charge is 2.53. The smallest absolute Gasteiger partial charge is 0.310 e. The van der Waals surface area contributed by atoms with Crippen LogP contribution in [0.3, 0.4) is 0 Å². The van der Waals surface area contributed by atoms with Crippen LogP contribution in [0.25, 0.3) is 0 Å². The molecule has 3 rings (SSSR count). The van der Waals surface area contributed by atoms with Crippen molar-refractivity contribution in [1.82, 2.24) is 0 Å². The maximum absolute atomic E-state index is 12.4. The van der Waals surface area contributed by atoms with Crippen LogP contribution in [0.5, 0.6) is 0 Å². The minimum Gasteiger partial charge on any atom is -0.481 e. The molecule has 1 saturated heterocycles. The highest BCUT2D eigenvalue weighted by molar-refractivity contribution is 6.32. The molecule has 0 saturated carbocycles. The van der Waals surface area contributed by atoms with Gasteiger partial charge in [-0.15, -0.1) is 0 Å². The van der Waals surface area contributed by atoms with Crippen LogP contribution in [0, 0.1) is 22.0 Å². The number of anilines is 1. The minimum atomic E-state index is -1.12. The molecule has 0 aliphatic carbocycles. The van der Waals surface area contributed by atoms with Gasteiger partial charge in [-0.25, -0.2) is 0 Å². The molecule has 1 aromatic rings. The Labute approximate surface area is 134 Å². The standard InChI is InChI=1S/C14H11ClN2O6/c15-7-2-1-6(5-8(7)17(21)22)16-13(18)11-9-3-4-10(23-9)12(11)14(19)20/h1-5,9-12H,(H,16,18)(H,19,20)/t9-,10-,11-,12+/m1/s1. The number of nitrogens with zero attached hydrogens (tertiary/aromatic N) is 1. The fourth-order valence-corrected chi connectivity index (χ4v) is 3.06. The summed E-state index contributed by atoms with van der Waals surface area (Å²) >= 11 is 5.71. The topological polar surface area (TPSA) is 119 Å². The number of carboxylic acid groups (broad SMARTS) is 1. The lowest BCUT2D eigenvalue weighted by molar-refractivity contribution is -0.384. The number of carbonyl (C=O) groups is 2. The Morgan fingerprint density at radius 3 is 2.52 bits per heavy atom. The molecule has 9 heteroatoms. The van der Waals surface area contributed by atoms with Crippen LogP contribution in [0.2, 0.25) is 5.02 Å². The van der Waals surface area contributed by atoms with Crippen LogP contribution in [0.1, 0.15) is 0 Å². The molecule has 2 aliphatic rings. The predicted molar refractivity (Wildman–Crippen MR) is 79.2 cm³/mol. The Kier molecular flexibility index (Phi) is 3.78. The van der Waals surface area contributed by atoms with Gasteiger partial charge in [0.25, 0.3) is 5.69 Å². The Morgan fingerprint density at radius 2 is 1.91 bits per heavy atom. The first-order valence-corrected chi connectivity index (χ1v) is 7.07. The van der Waals surface area contributed by atoms with Gasteiger partial charge in [-0.3, -0.25) is 19.7 Å². The molecule has 8 nitrogen and oxygen atoms in total. The van der Waals surface area contributed by atoms with Gasteiger partial charge in [0.15, 0.2) is 0 Å². The van der Waals surface area contributed by atoms with Crippen molar-refractivity contribution in [3.05, 3.63) is 45.5 Å². The molecule has 2 heterocycles. The lowest BCUT2D eigenvalue weighted by atomic mass is 9.82. The summed E-state index contributed by atoms with van der Waals surface area (Å²) in [5, 5.41) is 22.6. The zero-order chi connectivity index (χ0) is 16.7. The maximum Gasteiger partial charge on any atom is 0.310 e. The van der Waals surface area contributed by atoms with E-state index in [-0.39, 0.29) is 16.4 Å². The van der Waals surface area contributed by atoms with E-state index in [0.29, 0.717) is 0 Å². The van der Waals surface area contributed by atoms with E-state index >= 15 is 0 Å². The van der Waals surface area contributed by atoms with Crippen LogP contribution < -0.4 is 5.32 Å². The summed E-state index contributed by atoms with van der Waals surface area (Å²) in [6, 6.07) is 3.83. The number of fused-ring (bicyclic) bond motifs is 2. The molecular weight excluding hydrogens is 328 g/mol. The summed E-state index contributed by atoms with van der Waals surface area (Å²) in [6.07, 6.45) is 2.04. The second-order valence-corrected chi connectivity index (χ2v) is 5.66. The summed E-state index contributed by atoms with van der Waals surface area (Å²) in [5.74, 6) is -3.56. The molecule has 120 valence electrons. The van der Waals surface area contributed by atoms with Gasteiger partial charge in [-0.1, -0.05) is 23.8 Å². The number of carboxylic acids is 1. The van der Waals surface area contributed by atoms with Crippen LogP contribution in [-0.4, -0.2) is 34.1 Å². The summed E-state index contributed by atoms with van der Waals surface area (Å²) in [7, 11) is 0. The Morgan fingerprint density at radius 1 is 1.26 bits per heavy atom. The molecule has 4 atom stereocenters. The monoisotopic (exact) mass is 338 g/mol. The van der Waals surface area contributed by atoms with E-state index in [4.69, 9.17) is 16.3 Å². The third-order valence-corrected chi connectivity index (χ3v) is 4.22. The van der Waals surface area contributed by atoms with Crippen LogP contribution in [0.4, 0.5) is 11.4 Å². The van der Waals surface area contributed by atoms with Gasteiger partial charge < -0.3 is 15.2 Å². The SMILES string of the molecule is O=C(O)[C@@H]1[C@H](C(=O)Nc2ccc(Cl)c([N+](=O)[O-])c2)[C@H]2C=C[C@H]1O2. The Balaban J connectivity index is 1.82. The number of nitrogens with one attached hydrogen (secondary N) is 1. The van der Waals surface area contributed by atoms with Gasteiger partial charge in [0.1, 0.15) is 10.9 Å². The number of nitro benzene ring substituents is 1. The fourth-order valence-electron chi connectivity index (χ4n) is 2.87. The van der Waals surface area contributed by atoms with Gasteiger partial charge >= 0.3 is 5.97 Å². The average molecular weight is 339 g/mol. The largest absolute Gasteiger partial charge is 0.481 e. The quantitative estimate of drug-likeness (QED) is 0.491. The summed E-state index contributed by atoms with van der Waals surface area (Å²) in [6.45, 7) is 0. The molecule has 1 amide bonds. The van der Waals surface area contributed by atoms with Gasteiger partial charge in [0.05, 0.1) is 23.0 Å². The molecule has 0 unspecified atom stereocenters. The minimum absolute atomic E-state index is 0.0531. The number of hydrogen-bond donors (Lipinski definition) is 2. The first-order valence-electron chi connectivity index (χ1n) is 6.70. The molecule has 1 fully saturated rings. The van der Waals surface area contributed by atoms with Crippen molar-refractivity contribution < 1.29 is 24.4 Å². The molecule has 2 N–H and O–H groups in total. The summed E-state index contributed by atoms with van der Waals surface area (Å²) in [5.41, 5.74) is -0.176. The van der Waals surface area contributed by atoms with Crippen LogP contribution >= 0.6 is 11.6 Å². The second-order valence-electron chi connectivity index (χ2n) is 5.25. The molecule has 0 spiro atoms. The van der Waals surface area contributed by atoms with E-state index in [0.717, 1.165) is 6.07 Å². The number of nitro groups is 1. The number of carbonyl (C=O) groups excluding carboxylic acids is 1. The highest BCUT2D eigenvalue weighted by atomic mass is 35.5. The van der Waals surface area contributed by atoms with Crippen LogP contribution in [0.15, 0.2) is 30.4 Å². The van der Waals surface area contributed by atoms with Gasteiger partial charge in [0.2, 0.25) is 5.91 Å². The van der Waals surface area contributed by atoms with E-state index in [1.807, 2.05) is 0 Å². The van der Waals surface area contributed by atoms with E-state index < -0.39 is 40.8 Å². The van der Waals surface area contributed by atoms with E-state index in [1.165, 1.54) is 12.1 Å². The maximum atomic E-state index is 12.4. The van der Waals surface area contributed by atoms with Crippen molar-refractivity contribution in [1.29, 1.82) is 0 Å². The van der Waals surface area contributed by atoms with Crippen molar-refractivity contribution in [2.45, 2.75) is 12.2 Å². The van der Waals surface area contributed by atoms with Gasteiger partial charge in [-0.2, -0.15) is 0 Å². The van der Waals surface area contributed by atoms with E-state index in [9.17, 15) is 24.8 Å². The molecule has 23 heavy (non-hydrogen) atoms. The molecule has 2 aliphatic heterocycles. The Bertz CT molecular complexity index is 734. The number of hydrogen-bond acceptors (Lipinski definition) is 5. The molecule has 2 bridgehead atoms. The number of aliphatic carboxylic acids is 1. The number of ether oxygens (including phenoxy) is 1. The lowest BCUT2D eigenvalue weighted by Crippen LogP contribution is -2.39. The molecular formula is C14H11ClN2O6. The third-order valence-electron chi connectivity index (χ3n) is 3.90. The normalized spacial score (nSPS) is 27.9. The Hall–Kier alpha value is -2.45.